The van der Waals surface area contributed by atoms with E-state index in [1.807, 2.05) is 30.3 Å². The Balaban J connectivity index is 1.89. The van der Waals surface area contributed by atoms with Crippen molar-refractivity contribution in [2.45, 2.75) is 64.5 Å². The molecular formula is C22H30N4OS. The summed E-state index contributed by atoms with van der Waals surface area (Å²) in [7, 11) is 0. The highest BCUT2D eigenvalue weighted by atomic mass is 32.1. The highest BCUT2D eigenvalue weighted by molar-refractivity contribution is 7.80. The topological polar surface area (TPSA) is 60.6 Å². The van der Waals surface area contributed by atoms with Crippen molar-refractivity contribution < 1.29 is 4.74 Å². The predicted molar refractivity (Wildman–Crippen MR) is 116 cm³/mol. The van der Waals surface area contributed by atoms with Crippen LogP contribution in [0, 0.1) is 16.7 Å². The van der Waals surface area contributed by atoms with Gasteiger partial charge in [-0.05, 0) is 42.6 Å². The first-order valence-electron chi connectivity index (χ1n) is 10.1. The Morgan fingerprint density at radius 2 is 1.93 bits per heavy atom. The average Bonchev–Trinajstić information content (AvgIpc) is 2.91. The zero-order chi connectivity index (χ0) is 20.2. The van der Waals surface area contributed by atoms with Crippen molar-refractivity contribution >= 4 is 23.2 Å². The van der Waals surface area contributed by atoms with Crippen LogP contribution in [-0.4, -0.2) is 40.6 Å². The lowest BCUT2D eigenvalue weighted by Gasteiger charge is -2.40. The van der Waals surface area contributed by atoms with Gasteiger partial charge in [0.05, 0.1) is 12.1 Å². The number of hydrogen-bond acceptors (Lipinski definition) is 4. The number of nitrogens with zero attached hydrogens (tertiary/aromatic N) is 3. The zero-order valence-electron chi connectivity index (χ0n) is 17.1. The largest absolute Gasteiger partial charge is 0.491 e. The van der Waals surface area contributed by atoms with Gasteiger partial charge < -0.3 is 15.0 Å². The summed E-state index contributed by atoms with van der Waals surface area (Å²) in [6.45, 7) is 7.35. The van der Waals surface area contributed by atoms with Crippen molar-refractivity contribution in [2.75, 3.05) is 13.2 Å². The number of rotatable bonds is 5. The van der Waals surface area contributed by atoms with E-state index in [2.05, 4.69) is 37.1 Å². The van der Waals surface area contributed by atoms with Crippen molar-refractivity contribution in [1.29, 1.82) is 5.26 Å². The van der Waals surface area contributed by atoms with Gasteiger partial charge in [0.25, 0.3) is 0 Å². The summed E-state index contributed by atoms with van der Waals surface area (Å²) in [5.41, 5.74) is -0.328. The van der Waals surface area contributed by atoms with Crippen LogP contribution in [0.25, 0.3) is 0 Å². The van der Waals surface area contributed by atoms with E-state index < -0.39 is 0 Å². The molecule has 0 aromatic heterocycles. The van der Waals surface area contributed by atoms with Gasteiger partial charge in [0.2, 0.25) is 0 Å². The fourth-order valence-corrected chi connectivity index (χ4v) is 4.36. The van der Waals surface area contributed by atoms with Crippen molar-refractivity contribution in [1.82, 2.24) is 10.2 Å². The molecule has 1 aromatic carbocycles. The van der Waals surface area contributed by atoms with E-state index >= 15 is 0 Å². The van der Waals surface area contributed by atoms with E-state index in [-0.39, 0.29) is 17.0 Å². The maximum Gasteiger partial charge on any atom is 0.176 e. The van der Waals surface area contributed by atoms with Gasteiger partial charge in [0.15, 0.2) is 5.11 Å². The molecule has 1 saturated carbocycles. The summed E-state index contributed by atoms with van der Waals surface area (Å²) in [6, 6.07) is 12.1. The molecule has 1 saturated heterocycles. The zero-order valence-corrected chi connectivity index (χ0v) is 17.9. The number of ether oxygens (including phenoxy) is 1. The molecule has 0 unspecified atom stereocenters. The van der Waals surface area contributed by atoms with Crippen LogP contribution in [0.15, 0.2) is 35.3 Å². The van der Waals surface area contributed by atoms with E-state index in [0.717, 1.165) is 37.3 Å². The Hall–Kier alpha value is -2.13. The van der Waals surface area contributed by atoms with Crippen LogP contribution in [0.2, 0.25) is 0 Å². The second-order valence-corrected chi connectivity index (χ2v) is 9.14. The molecule has 6 heteroatoms. The molecule has 1 aromatic rings. The van der Waals surface area contributed by atoms with Gasteiger partial charge in [-0.25, -0.2) is 0 Å². The molecule has 0 radical (unpaired) electrons. The summed E-state index contributed by atoms with van der Waals surface area (Å²) in [5.74, 6) is 1.77. The van der Waals surface area contributed by atoms with Crippen molar-refractivity contribution in [3.05, 3.63) is 30.3 Å². The van der Waals surface area contributed by atoms with E-state index in [9.17, 15) is 5.26 Å². The fraction of sp³-hybridized carbons (Fsp3) is 0.591. The van der Waals surface area contributed by atoms with Crippen LogP contribution in [-0.2, 0) is 0 Å². The average molecular weight is 399 g/mol. The van der Waals surface area contributed by atoms with Gasteiger partial charge in [0.1, 0.15) is 30.3 Å². The normalized spacial score (nSPS) is 21.4. The van der Waals surface area contributed by atoms with Gasteiger partial charge in [-0.2, -0.15) is 5.26 Å². The second-order valence-electron chi connectivity index (χ2n) is 8.75. The third-order valence-corrected chi connectivity index (χ3v) is 6.10. The lowest BCUT2D eigenvalue weighted by molar-refractivity contribution is 0.196. The first kappa shape index (κ1) is 20.6. The van der Waals surface area contributed by atoms with Crippen LogP contribution < -0.4 is 10.1 Å². The maximum atomic E-state index is 9.33. The molecule has 1 atom stereocenters. The predicted octanol–water partition coefficient (Wildman–Crippen LogP) is 4.30. The van der Waals surface area contributed by atoms with Crippen LogP contribution in [0.5, 0.6) is 5.75 Å². The number of benzene rings is 1. The molecule has 1 N–H and O–H groups in total. The highest BCUT2D eigenvalue weighted by Gasteiger charge is 2.49. The third-order valence-electron chi connectivity index (χ3n) is 5.77. The number of thiocarbonyl (C=S) groups is 1. The summed E-state index contributed by atoms with van der Waals surface area (Å²) in [5, 5.41) is 13.3. The smallest absolute Gasteiger partial charge is 0.176 e. The fourth-order valence-electron chi connectivity index (χ4n) is 4.03. The summed E-state index contributed by atoms with van der Waals surface area (Å²) in [6.07, 6.45) is 5.45. The maximum absolute atomic E-state index is 9.33. The molecule has 0 amide bonds. The van der Waals surface area contributed by atoms with Gasteiger partial charge >= 0.3 is 0 Å². The Labute approximate surface area is 173 Å². The standard InChI is InChI=1S/C22H30N4OS/c1-21(2,3)18(16-27-17-10-6-4-7-11-17)24-19-22(12-8-5-9-13-22)26(15-14-23)20(28)25-19/h4,6-7,10-11,18H,5,8-9,12-13,15-16H2,1-3H3,(H,24,25,28)/t18-/m0/s1. The van der Waals surface area contributed by atoms with Crippen LogP contribution in [0.1, 0.15) is 52.9 Å². The molecule has 1 aliphatic heterocycles. The van der Waals surface area contributed by atoms with Crippen molar-refractivity contribution in [3.63, 3.8) is 0 Å². The molecule has 5 nitrogen and oxygen atoms in total. The van der Waals surface area contributed by atoms with Gasteiger partial charge in [0, 0.05) is 0 Å². The van der Waals surface area contributed by atoms with Gasteiger partial charge in [-0.3, -0.25) is 4.99 Å². The molecule has 2 aliphatic rings. The third kappa shape index (κ3) is 4.30. The molecule has 1 spiro atoms. The number of amidine groups is 1. The van der Waals surface area contributed by atoms with Crippen LogP contribution in [0.3, 0.4) is 0 Å². The molecule has 1 aliphatic carbocycles. The van der Waals surface area contributed by atoms with E-state index in [1.165, 1.54) is 6.42 Å². The molecule has 150 valence electrons. The van der Waals surface area contributed by atoms with Crippen molar-refractivity contribution in [3.8, 4) is 11.8 Å². The quantitative estimate of drug-likeness (QED) is 0.592. The van der Waals surface area contributed by atoms with Gasteiger partial charge in [-0.15, -0.1) is 0 Å². The Kier molecular flexibility index (Phi) is 6.24. The summed E-state index contributed by atoms with van der Waals surface area (Å²) >= 11 is 5.58. The lowest BCUT2D eigenvalue weighted by Crippen LogP contribution is -2.51. The number of nitriles is 1. The summed E-state index contributed by atoms with van der Waals surface area (Å²) < 4.78 is 6.05. The number of nitrogens with one attached hydrogen (secondary N) is 1. The lowest BCUT2D eigenvalue weighted by atomic mass is 9.79. The second kappa shape index (κ2) is 8.48. The minimum Gasteiger partial charge on any atom is -0.491 e. The summed E-state index contributed by atoms with van der Waals surface area (Å²) in [4.78, 5) is 7.22. The first-order valence-corrected chi connectivity index (χ1v) is 10.5. The molecule has 1 heterocycles. The molecule has 3 rings (SSSR count). The van der Waals surface area contributed by atoms with E-state index in [0.29, 0.717) is 18.3 Å². The number of para-hydroxylation sites is 1. The molecule has 0 bridgehead atoms. The highest BCUT2D eigenvalue weighted by Crippen LogP contribution is 2.38. The SMILES string of the molecule is CC(C)(C)[C@H](COc1ccccc1)N=C1NC(=S)N(CC#N)C12CCCCC2. The van der Waals surface area contributed by atoms with E-state index in [1.54, 1.807) is 0 Å². The van der Waals surface area contributed by atoms with E-state index in [4.69, 9.17) is 21.9 Å². The van der Waals surface area contributed by atoms with Crippen LogP contribution in [0.4, 0.5) is 0 Å². The monoisotopic (exact) mass is 398 g/mol. The molecular weight excluding hydrogens is 368 g/mol. The Morgan fingerprint density at radius 3 is 2.54 bits per heavy atom. The Morgan fingerprint density at radius 1 is 1.25 bits per heavy atom. The minimum atomic E-state index is -0.263. The molecule has 2 fully saturated rings. The van der Waals surface area contributed by atoms with Gasteiger partial charge in [-0.1, -0.05) is 58.2 Å². The Bertz CT molecular complexity index is 757. The van der Waals surface area contributed by atoms with Crippen molar-refractivity contribution in [2.24, 2.45) is 10.4 Å². The minimum absolute atomic E-state index is 0.0288. The number of aliphatic imine (C=N–C) groups is 1. The van der Waals surface area contributed by atoms with Crippen LogP contribution >= 0.6 is 12.2 Å². The first-order chi connectivity index (χ1) is 13.4. The number of hydrogen-bond donors (Lipinski definition) is 1. The molecule has 28 heavy (non-hydrogen) atoms.